The first kappa shape index (κ1) is 13.1. The quantitative estimate of drug-likeness (QED) is 0.656. The maximum absolute atomic E-state index is 11.3. The smallest absolute Gasteiger partial charge is 0.0388 e. The van der Waals surface area contributed by atoms with Crippen LogP contribution in [0, 0.1) is 0 Å². The zero-order valence-electron chi connectivity index (χ0n) is 9.14. The molecular formula is C10H23NOS. The summed E-state index contributed by atoms with van der Waals surface area (Å²) in [6.45, 7) is 7.37. The van der Waals surface area contributed by atoms with Crippen LogP contribution in [0.15, 0.2) is 0 Å². The van der Waals surface area contributed by atoms with Crippen LogP contribution < -0.4 is 5.32 Å². The van der Waals surface area contributed by atoms with Gasteiger partial charge in [-0.3, -0.25) is 4.21 Å². The number of hydrogen-bond acceptors (Lipinski definition) is 2. The molecule has 2 unspecified atom stereocenters. The molecule has 0 saturated carbocycles. The fraction of sp³-hybridized carbons (Fsp3) is 1.00. The Morgan fingerprint density at radius 3 is 2.38 bits per heavy atom. The van der Waals surface area contributed by atoms with Gasteiger partial charge >= 0.3 is 0 Å². The van der Waals surface area contributed by atoms with Crippen molar-refractivity contribution in [2.24, 2.45) is 0 Å². The first-order chi connectivity index (χ1) is 6.24. The van der Waals surface area contributed by atoms with Gasteiger partial charge in [-0.2, -0.15) is 0 Å². The molecule has 0 aromatic carbocycles. The SMILES string of the molecule is CCCNC(CCC)CS(=O)CC. The van der Waals surface area contributed by atoms with E-state index >= 15 is 0 Å². The second-order valence-corrected chi connectivity index (χ2v) is 5.13. The van der Waals surface area contributed by atoms with Gasteiger partial charge in [0.1, 0.15) is 0 Å². The second kappa shape index (κ2) is 8.70. The van der Waals surface area contributed by atoms with E-state index in [2.05, 4.69) is 19.2 Å². The molecule has 0 radical (unpaired) electrons. The third-order valence-corrected chi connectivity index (χ3v) is 3.45. The highest BCUT2D eigenvalue weighted by molar-refractivity contribution is 7.84. The Bertz CT molecular complexity index is 139. The Morgan fingerprint density at radius 2 is 1.92 bits per heavy atom. The van der Waals surface area contributed by atoms with E-state index in [1.807, 2.05) is 6.92 Å². The minimum Gasteiger partial charge on any atom is -0.313 e. The lowest BCUT2D eigenvalue weighted by atomic mass is 10.2. The summed E-state index contributed by atoms with van der Waals surface area (Å²) in [6.07, 6.45) is 3.47. The number of rotatable bonds is 8. The van der Waals surface area contributed by atoms with Crippen molar-refractivity contribution in [3.63, 3.8) is 0 Å². The van der Waals surface area contributed by atoms with Crippen LogP contribution in [0.25, 0.3) is 0 Å². The standard InChI is InChI=1S/C10H23NOS/c1-4-7-10(11-8-5-2)9-13(12)6-3/h10-11H,4-9H2,1-3H3. The lowest BCUT2D eigenvalue weighted by Gasteiger charge is -2.16. The molecule has 0 amide bonds. The highest BCUT2D eigenvalue weighted by atomic mass is 32.2. The summed E-state index contributed by atoms with van der Waals surface area (Å²) < 4.78 is 11.3. The number of hydrogen-bond donors (Lipinski definition) is 1. The largest absolute Gasteiger partial charge is 0.313 e. The van der Waals surface area contributed by atoms with Crippen LogP contribution in [-0.4, -0.2) is 28.3 Å². The normalized spacial score (nSPS) is 15.6. The number of nitrogens with one attached hydrogen (secondary N) is 1. The molecule has 0 aliphatic heterocycles. The summed E-state index contributed by atoms with van der Waals surface area (Å²) in [5.41, 5.74) is 0. The molecule has 0 aromatic rings. The molecule has 0 aliphatic carbocycles. The van der Waals surface area contributed by atoms with E-state index in [-0.39, 0.29) is 0 Å². The Hall–Kier alpha value is 0.110. The predicted octanol–water partition coefficient (Wildman–Crippen LogP) is 1.92. The van der Waals surface area contributed by atoms with Crippen LogP contribution in [0.4, 0.5) is 0 Å². The second-order valence-electron chi connectivity index (χ2n) is 3.33. The molecule has 0 spiro atoms. The molecule has 0 saturated heterocycles. The summed E-state index contributed by atoms with van der Waals surface area (Å²) in [6, 6.07) is 0.464. The maximum atomic E-state index is 11.3. The highest BCUT2D eigenvalue weighted by Crippen LogP contribution is 1.99. The topological polar surface area (TPSA) is 29.1 Å². The van der Waals surface area contributed by atoms with E-state index < -0.39 is 10.8 Å². The Balaban J connectivity index is 3.71. The molecule has 0 rings (SSSR count). The summed E-state index contributed by atoms with van der Waals surface area (Å²) in [7, 11) is -0.625. The molecule has 0 fully saturated rings. The predicted molar refractivity (Wildman–Crippen MR) is 60.5 cm³/mol. The molecule has 3 heteroatoms. The van der Waals surface area contributed by atoms with E-state index in [1.165, 1.54) is 6.42 Å². The van der Waals surface area contributed by atoms with Gasteiger partial charge in [-0.25, -0.2) is 0 Å². The van der Waals surface area contributed by atoms with Crippen molar-refractivity contribution in [1.82, 2.24) is 5.32 Å². The van der Waals surface area contributed by atoms with E-state index in [0.717, 1.165) is 30.9 Å². The highest BCUT2D eigenvalue weighted by Gasteiger charge is 2.09. The monoisotopic (exact) mass is 205 g/mol. The fourth-order valence-corrected chi connectivity index (χ4v) is 2.25. The Kier molecular flexibility index (Phi) is 8.77. The summed E-state index contributed by atoms with van der Waals surface area (Å²) in [5.74, 6) is 1.61. The molecule has 80 valence electrons. The summed E-state index contributed by atoms with van der Waals surface area (Å²) >= 11 is 0. The van der Waals surface area contributed by atoms with Gasteiger partial charge < -0.3 is 5.32 Å². The van der Waals surface area contributed by atoms with Gasteiger partial charge in [-0.1, -0.05) is 27.2 Å². The molecule has 1 N–H and O–H groups in total. The van der Waals surface area contributed by atoms with Crippen LogP contribution in [0.1, 0.15) is 40.0 Å². The average molecular weight is 205 g/mol. The van der Waals surface area contributed by atoms with E-state index in [4.69, 9.17) is 0 Å². The first-order valence-corrected chi connectivity index (χ1v) is 6.81. The van der Waals surface area contributed by atoms with Gasteiger partial charge in [0.05, 0.1) is 0 Å². The van der Waals surface area contributed by atoms with Crippen molar-refractivity contribution < 1.29 is 4.21 Å². The molecule has 0 bridgehead atoms. The lowest BCUT2D eigenvalue weighted by Crippen LogP contribution is -2.34. The third kappa shape index (κ3) is 7.20. The van der Waals surface area contributed by atoms with Gasteiger partial charge in [0.15, 0.2) is 0 Å². The molecular weight excluding hydrogens is 182 g/mol. The lowest BCUT2D eigenvalue weighted by molar-refractivity contribution is 0.510. The average Bonchev–Trinajstić information content (AvgIpc) is 2.14. The Labute approximate surface area is 84.9 Å². The van der Waals surface area contributed by atoms with Crippen molar-refractivity contribution in [3.05, 3.63) is 0 Å². The molecule has 2 nitrogen and oxygen atoms in total. The van der Waals surface area contributed by atoms with E-state index in [1.54, 1.807) is 0 Å². The van der Waals surface area contributed by atoms with E-state index in [9.17, 15) is 4.21 Å². The first-order valence-electron chi connectivity index (χ1n) is 5.32. The summed E-state index contributed by atoms with van der Waals surface area (Å²) in [5, 5.41) is 3.44. The van der Waals surface area contributed by atoms with Crippen molar-refractivity contribution in [2.45, 2.75) is 46.1 Å². The van der Waals surface area contributed by atoms with Gasteiger partial charge in [-0.05, 0) is 19.4 Å². The van der Waals surface area contributed by atoms with Gasteiger partial charge in [0.25, 0.3) is 0 Å². The van der Waals surface area contributed by atoms with E-state index in [0.29, 0.717) is 6.04 Å². The zero-order valence-corrected chi connectivity index (χ0v) is 9.95. The fourth-order valence-electron chi connectivity index (χ4n) is 1.28. The zero-order chi connectivity index (χ0) is 10.1. The maximum Gasteiger partial charge on any atom is 0.0388 e. The van der Waals surface area contributed by atoms with Crippen LogP contribution in [0.5, 0.6) is 0 Å². The molecule has 2 atom stereocenters. The van der Waals surface area contributed by atoms with Crippen molar-refractivity contribution in [2.75, 3.05) is 18.1 Å². The Morgan fingerprint density at radius 1 is 1.23 bits per heavy atom. The minimum atomic E-state index is -0.625. The van der Waals surface area contributed by atoms with Gasteiger partial charge in [0, 0.05) is 28.3 Å². The summed E-state index contributed by atoms with van der Waals surface area (Å²) in [4.78, 5) is 0. The van der Waals surface area contributed by atoms with Crippen LogP contribution in [-0.2, 0) is 10.8 Å². The van der Waals surface area contributed by atoms with Crippen LogP contribution in [0.2, 0.25) is 0 Å². The minimum absolute atomic E-state index is 0.464. The molecule has 13 heavy (non-hydrogen) atoms. The van der Waals surface area contributed by atoms with Crippen LogP contribution >= 0.6 is 0 Å². The molecule has 0 aliphatic rings. The molecule has 0 heterocycles. The van der Waals surface area contributed by atoms with Crippen molar-refractivity contribution >= 4 is 10.8 Å². The van der Waals surface area contributed by atoms with Gasteiger partial charge in [0.2, 0.25) is 0 Å². The van der Waals surface area contributed by atoms with Crippen molar-refractivity contribution in [1.29, 1.82) is 0 Å². The van der Waals surface area contributed by atoms with Crippen LogP contribution in [0.3, 0.4) is 0 Å². The third-order valence-electron chi connectivity index (χ3n) is 2.03. The van der Waals surface area contributed by atoms with Gasteiger partial charge in [-0.15, -0.1) is 0 Å². The van der Waals surface area contributed by atoms with Crippen molar-refractivity contribution in [3.8, 4) is 0 Å². The molecule has 0 aromatic heterocycles.